The zero-order chi connectivity index (χ0) is 15.2. The van der Waals surface area contributed by atoms with E-state index in [0.29, 0.717) is 6.54 Å². The van der Waals surface area contributed by atoms with Gasteiger partial charge in [0.25, 0.3) is 0 Å². The quantitative estimate of drug-likeness (QED) is 0.777. The fourth-order valence-corrected chi connectivity index (χ4v) is 3.19. The van der Waals surface area contributed by atoms with E-state index in [-0.39, 0.29) is 12.6 Å². The SMILES string of the molecule is Cc1ccc(C(C)NCC(O)COc2cccc(Br)c2)s1. The Balaban J connectivity index is 1.73. The summed E-state index contributed by atoms with van der Waals surface area (Å²) in [7, 11) is 0. The maximum Gasteiger partial charge on any atom is 0.120 e. The number of benzene rings is 1. The molecule has 114 valence electrons. The van der Waals surface area contributed by atoms with Crippen molar-refractivity contribution in [2.75, 3.05) is 13.2 Å². The highest BCUT2D eigenvalue weighted by Crippen LogP contribution is 2.22. The van der Waals surface area contributed by atoms with Crippen molar-refractivity contribution in [3.63, 3.8) is 0 Å². The molecule has 0 spiro atoms. The number of nitrogens with one attached hydrogen (secondary N) is 1. The first-order valence-electron chi connectivity index (χ1n) is 6.91. The van der Waals surface area contributed by atoms with Crippen molar-refractivity contribution in [3.05, 3.63) is 50.6 Å². The Morgan fingerprint density at radius 2 is 2.14 bits per heavy atom. The van der Waals surface area contributed by atoms with Gasteiger partial charge in [-0.2, -0.15) is 0 Å². The highest BCUT2D eigenvalue weighted by molar-refractivity contribution is 9.10. The van der Waals surface area contributed by atoms with Gasteiger partial charge in [-0.05, 0) is 44.2 Å². The topological polar surface area (TPSA) is 41.5 Å². The van der Waals surface area contributed by atoms with Crippen molar-refractivity contribution in [2.24, 2.45) is 0 Å². The van der Waals surface area contributed by atoms with Crippen LogP contribution in [-0.2, 0) is 0 Å². The normalized spacial score (nSPS) is 13.9. The lowest BCUT2D eigenvalue weighted by Crippen LogP contribution is -2.32. The average molecular weight is 370 g/mol. The average Bonchev–Trinajstić information content (AvgIpc) is 2.89. The second-order valence-corrected chi connectivity index (χ2v) is 7.24. The number of hydrogen-bond acceptors (Lipinski definition) is 4. The number of halogens is 1. The van der Waals surface area contributed by atoms with Crippen LogP contribution < -0.4 is 10.1 Å². The van der Waals surface area contributed by atoms with Crippen molar-refractivity contribution in [1.29, 1.82) is 0 Å². The van der Waals surface area contributed by atoms with Crippen LogP contribution in [0.5, 0.6) is 5.75 Å². The predicted octanol–water partition coefficient (Wildman–Crippen LogP) is 3.91. The van der Waals surface area contributed by atoms with Gasteiger partial charge in [-0.1, -0.05) is 22.0 Å². The van der Waals surface area contributed by atoms with E-state index in [9.17, 15) is 5.11 Å². The summed E-state index contributed by atoms with van der Waals surface area (Å²) in [6.45, 7) is 4.99. The molecule has 0 aliphatic heterocycles. The van der Waals surface area contributed by atoms with Gasteiger partial charge in [0, 0.05) is 26.8 Å². The third kappa shape index (κ3) is 5.43. The van der Waals surface area contributed by atoms with Gasteiger partial charge in [0.15, 0.2) is 0 Å². The lowest BCUT2D eigenvalue weighted by Gasteiger charge is -2.17. The zero-order valence-electron chi connectivity index (χ0n) is 12.2. The molecule has 2 unspecified atom stereocenters. The smallest absolute Gasteiger partial charge is 0.120 e. The summed E-state index contributed by atoms with van der Waals surface area (Å²) in [5.41, 5.74) is 0. The molecule has 1 heterocycles. The van der Waals surface area contributed by atoms with Crippen LogP contribution in [-0.4, -0.2) is 24.4 Å². The molecule has 2 N–H and O–H groups in total. The maximum absolute atomic E-state index is 9.98. The predicted molar refractivity (Wildman–Crippen MR) is 91.1 cm³/mol. The molecule has 2 rings (SSSR count). The van der Waals surface area contributed by atoms with Crippen LogP contribution in [0.25, 0.3) is 0 Å². The van der Waals surface area contributed by atoms with E-state index >= 15 is 0 Å². The minimum atomic E-state index is -0.535. The molecule has 21 heavy (non-hydrogen) atoms. The standard InChI is InChI=1S/C16H20BrNO2S/c1-11-6-7-16(21-11)12(2)18-9-14(19)10-20-15-5-3-4-13(17)8-15/h3-8,12,14,18-19H,9-10H2,1-2H3. The Morgan fingerprint density at radius 1 is 1.33 bits per heavy atom. The molecule has 2 aromatic rings. The Bertz CT molecular complexity index is 573. The molecule has 0 fully saturated rings. The number of rotatable bonds is 7. The number of aliphatic hydroxyl groups is 1. The van der Waals surface area contributed by atoms with E-state index in [0.717, 1.165) is 10.2 Å². The Hall–Kier alpha value is -0.880. The third-order valence-corrected chi connectivity index (χ3v) is 4.76. The van der Waals surface area contributed by atoms with Crippen LogP contribution in [0.2, 0.25) is 0 Å². The minimum absolute atomic E-state index is 0.240. The molecule has 0 radical (unpaired) electrons. The monoisotopic (exact) mass is 369 g/mol. The van der Waals surface area contributed by atoms with E-state index in [2.05, 4.69) is 47.2 Å². The lowest BCUT2D eigenvalue weighted by molar-refractivity contribution is 0.104. The van der Waals surface area contributed by atoms with Gasteiger partial charge in [0.2, 0.25) is 0 Å². The molecule has 0 aliphatic carbocycles. The Morgan fingerprint density at radius 3 is 2.81 bits per heavy atom. The molecule has 0 saturated heterocycles. The molecule has 2 atom stereocenters. The fraction of sp³-hybridized carbons (Fsp3) is 0.375. The Labute approximate surface area is 138 Å². The van der Waals surface area contributed by atoms with Crippen LogP contribution in [0.4, 0.5) is 0 Å². The molecule has 1 aromatic carbocycles. The number of thiophene rings is 1. The van der Waals surface area contributed by atoms with Crippen molar-refractivity contribution < 1.29 is 9.84 Å². The van der Waals surface area contributed by atoms with Gasteiger partial charge >= 0.3 is 0 Å². The summed E-state index contributed by atoms with van der Waals surface area (Å²) in [5.74, 6) is 0.755. The molecule has 3 nitrogen and oxygen atoms in total. The number of aliphatic hydroxyl groups excluding tert-OH is 1. The molecular formula is C16H20BrNO2S. The van der Waals surface area contributed by atoms with E-state index in [4.69, 9.17) is 4.74 Å². The summed E-state index contributed by atoms with van der Waals surface area (Å²) in [6, 6.07) is 12.1. The van der Waals surface area contributed by atoms with Crippen LogP contribution in [0.1, 0.15) is 22.7 Å². The lowest BCUT2D eigenvalue weighted by atomic mass is 10.2. The van der Waals surface area contributed by atoms with Gasteiger partial charge in [-0.25, -0.2) is 0 Å². The zero-order valence-corrected chi connectivity index (χ0v) is 14.6. The van der Waals surface area contributed by atoms with Gasteiger partial charge < -0.3 is 15.2 Å². The summed E-state index contributed by atoms with van der Waals surface area (Å²) in [5, 5.41) is 13.3. The number of hydrogen-bond donors (Lipinski definition) is 2. The highest BCUT2D eigenvalue weighted by atomic mass is 79.9. The second-order valence-electron chi connectivity index (χ2n) is 5.00. The molecule has 0 bridgehead atoms. The first kappa shape index (κ1) is 16.5. The van der Waals surface area contributed by atoms with Gasteiger partial charge in [-0.15, -0.1) is 11.3 Å². The molecule has 0 saturated carbocycles. The van der Waals surface area contributed by atoms with E-state index in [1.54, 1.807) is 11.3 Å². The van der Waals surface area contributed by atoms with Crippen LogP contribution in [0, 0.1) is 6.92 Å². The largest absolute Gasteiger partial charge is 0.491 e. The van der Waals surface area contributed by atoms with Crippen molar-refractivity contribution in [1.82, 2.24) is 5.32 Å². The van der Waals surface area contributed by atoms with Crippen molar-refractivity contribution >= 4 is 27.3 Å². The fourth-order valence-electron chi connectivity index (χ4n) is 1.91. The summed E-state index contributed by atoms with van der Waals surface area (Å²) >= 11 is 5.17. The molecule has 5 heteroatoms. The van der Waals surface area contributed by atoms with Crippen LogP contribution in [0.15, 0.2) is 40.9 Å². The highest BCUT2D eigenvalue weighted by Gasteiger charge is 2.11. The second kappa shape index (κ2) is 7.94. The molecule has 0 amide bonds. The third-order valence-electron chi connectivity index (χ3n) is 3.09. The van der Waals surface area contributed by atoms with Gasteiger partial charge in [-0.3, -0.25) is 0 Å². The van der Waals surface area contributed by atoms with E-state index < -0.39 is 6.10 Å². The van der Waals surface area contributed by atoms with Gasteiger partial charge in [0.05, 0.1) is 0 Å². The van der Waals surface area contributed by atoms with Crippen LogP contribution in [0.3, 0.4) is 0 Å². The summed E-state index contributed by atoms with van der Waals surface area (Å²) in [4.78, 5) is 2.59. The first-order valence-corrected chi connectivity index (χ1v) is 8.51. The summed E-state index contributed by atoms with van der Waals surface area (Å²) < 4.78 is 6.54. The van der Waals surface area contributed by atoms with E-state index in [1.165, 1.54) is 9.75 Å². The van der Waals surface area contributed by atoms with Crippen molar-refractivity contribution in [3.8, 4) is 5.75 Å². The van der Waals surface area contributed by atoms with Crippen molar-refractivity contribution in [2.45, 2.75) is 26.0 Å². The molecule has 1 aromatic heterocycles. The van der Waals surface area contributed by atoms with Crippen LogP contribution >= 0.6 is 27.3 Å². The molecular weight excluding hydrogens is 350 g/mol. The first-order chi connectivity index (χ1) is 10.0. The number of ether oxygens (including phenoxy) is 1. The summed E-state index contributed by atoms with van der Waals surface area (Å²) in [6.07, 6.45) is -0.535. The minimum Gasteiger partial charge on any atom is -0.491 e. The van der Waals surface area contributed by atoms with Gasteiger partial charge in [0.1, 0.15) is 18.5 Å². The Kier molecular flexibility index (Phi) is 6.23. The van der Waals surface area contributed by atoms with E-state index in [1.807, 2.05) is 24.3 Å². The number of aryl methyl sites for hydroxylation is 1. The maximum atomic E-state index is 9.98. The molecule has 0 aliphatic rings.